The van der Waals surface area contributed by atoms with Gasteiger partial charge in [0.15, 0.2) is 0 Å². The average molecular weight is 769 g/mol. The second-order valence-electron chi connectivity index (χ2n) is 15.6. The van der Waals surface area contributed by atoms with E-state index < -0.39 is 11.6 Å². The molecule has 7 rings (SSSR count). The van der Waals surface area contributed by atoms with E-state index in [-0.39, 0.29) is 36.7 Å². The number of piperidine rings is 2. The summed E-state index contributed by atoms with van der Waals surface area (Å²) < 4.78 is 2.05. The van der Waals surface area contributed by atoms with Crippen molar-refractivity contribution >= 4 is 57.6 Å². The summed E-state index contributed by atoms with van der Waals surface area (Å²) in [5, 5.41) is 22.5. The summed E-state index contributed by atoms with van der Waals surface area (Å²) in [5.74, 6) is -0.147. The Bertz CT molecular complexity index is 2100. The molecule has 0 aliphatic carbocycles. The zero-order chi connectivity index (χ0) is 38.9. The van der Waals surface area contributed by atoms with Crippen LogP contribution in [0.4, 0.5) is 16.2 Å². The highest BCUT2D eigenvalue weighted by Crippen LogP contribution is 2.34. The topological polar surface area (TPSA) is 153 Å². The first kappa shape index (κ1) is 38.4. The molecule has 14 heteroatoms. The number of aryl methyl sites for hydroxylation is 1. The molecular weight excluding hydrogens is 720 g/mol. The van der Waals surface area contributed by atoms with Crippen LogP contribution in [0.3, 0.4) is 0 Å². The summed E-state index contributed by atoms with van der Waals surface area (Å²) in [6.07, 6.45) is 8.36. The van der Waals surface area contributed by atoms with Gasteiger partial charge in [-0.15, -0.1) is 0 Å². The number of aliphatic hydroxyl groups is 1. The third kappa shape index (κ3) is 8.84. The number of nitrogens with zero attached hydrogens (tertiary/aromatic N) is 6. The molecule has 2 aromatic carbocycles. The Kier molecular flexibility index (Phi) is 11.2. The van der Waals surface area contributed by atoms with E-state index >= 15 is 0 Å². The van der Waals surface area contributed by atoms with Crippen molar-refractivity contribution in [1.29, 1.82) is 0 Å². The molecule has 13 nitrogen and oxygen atoms in total. The molecule has 3 aliphatic heterocycles. The minimum absolute atomic E-state index is 0.0710. The van der Waals surface area contributed by atoms with Gasteiger partial charge in [0.2, 0.25) is 5.91 Å². The zero-order valence-electron chi connectivity index (χ0n) is 31.7. The van der Waals surface area contributed by atoms with Gasteiger partial charge in [-0.3, -0.25) is 29.3 Å². The molecule has 3 N–H and O–H groups in total. The van der Waals surface area contributed by atoms with Crippen molar-refractivity contribution in [1.82, 2.24) is 29.9 Å². The number of nitrogens with one attached hydrogen (secondary N) is 2. The third-order valence-electron chi connectivity index (χ3n) is 11.1. The van der Waals surface area contributed by atoms with Crippen molar-refractivity contribution < 1.29 is 24.3 Å². The number of anilines is 2. The maximum atomic E-state index is 13.4. The number of likely N-dealkylation sites (tertiary alicyclic amines) is 2. The van der Waals surface area contributed by atoms with Gasteiger partial charge in [0.05, 0.1) is 27.9 Å². The molecule has 290 valence electrons. The van der Waals surface area contributed by atoms with Crippen molar-refractivity contribution in [2.24, 2.45) is 5.92 Å². The van der Waals surface area contributed by atoms with Crippen LogP contribution in [0.5, 0.6) is 0 Å². The third-order valence-corrected chi connectivity index (χ3v) is 11.5. The molecule has 0 spiro atoms. The van der Waals surface area contributed by atoms with Crippen molar-refractivity contribution in [2.75, 3.05) is 49.5 Å². The van der Waals surface area contributed by atoms with E-state index in [0.717, 1.165) is 74.8 Å². The van der Waals surface area contributed by atoms with Crippen LogP contribution in [-0.2, 0) is 10.4 Å². The van der Waals surface area contributed by atoms with Gasteiger partial charge in [-0.25, -0.2) is 9.78 Å². The molecule has 0 unspecified atom stereocenters. The lowest BCUT2D eigenvalue weighted by molar-refractivity contribution is -0.120. The number of carbonyl (C=O) groups excluding carboxylic acids is 4. The fraction of sp³-hybridized carbons (Fsp3) is 0.463. The summed E-state index contributed by atoms with van der Waals surface area (Å²) in [5.41, 5.74) is 2.72. The molecule has 0 bridgehead atoms. The molecule has 3 fully saturated rings. The van der Waals surface area contributed by atoms with Crippen LogP contribution in [-0.4, -0.2) is 92.7 Å². The standard InChI is InChI=1S/C41H49ClN8O5/c1-26-6-4-8-33(43-26)38(52)44-35-22-29-25-50(46-34(29)24-31(35)41(2,3)55)30-13-17-47(18-14-30)16-5-7-27-11-19-48(20-12-27)39(53)28-9-10-32(42)36(23-28)49-21-15-37(51)45-40(49)54/h4,6,8-10,22-25,27,30,55H,5,7,11-21H2,1-3H3,(H,44,52)(H,45,51,54). The van der Waals surface area contributed by atoms with Gasteiger partial charge in [-0.05, 0) is 114 Å². The molecule has 2 aromatic heterocycles. The SMILES string of the molecule is Cc1cccc(C(=O)Nc2cc3cn(C4CCN(CCCC5CCN(C(=O)c6ccc(Cl)c(N7CCC(=O)NC7=O)c6)CC5)CC4)nc3cc2C(C)(C)O)n1. The highest BCUT2D eigenvalue weighted by Gasteiger charge is 2.30. The minimum atomic E-state index is -1.19. The van der Waals surface area contributed by atoms with Crippen LogP contribution in [0.15, 0.2) is 54.7 Å². The number of rotatable bonds is 10. The first-order valence-corrected chi connectivity index (χ1v) is 19.6. The predicted octanol–water partition coefficient (Wildman–Crippen LogP) is 6.29. The molecule has 55 heavy (non-hydrogen) atoms. The average Bonchev–Trinajstić information content (AvgIpc) is 3.58. The lowest BCUT2D eigenvalue weighted by Gasteiger charge is -2.34. The van der Waals surface area contributed by atoms with Crippen LogP contribution in [0.1, 0.15) is 96.9 Å². The Morgan fingerprint density at radius 2 is 1.76 bits per heavy atom. The van der Waals surface area contributed by atoms with Gasteiger partial charge >= 0.3 is 6.03 Å². The van der Waals surface area contributed by atoms with E-state index in [1.54, 1.807) is 44.2 Å². The minimum Gasteiger partial charge on any atom is -0.386 e. The maximum Gasteiger partial charge on any atom is 0.328 e. The molecule has 4 aromatic rings. The fourth-order valence-corrected chi connectivity index (χ4v) is 8.23. The van der Waals surface area contributed by atoms with Crippen LogP contribution < -0.4 is 15.5 Å². The monoisotopic (exact) mass is 768 g/mol. The molecule has 0 radical (unpaired) electrons. The lowest BCUT2D eigenvalue weighted by Crippen LogP contribution is -2.49. The maximum absolute atomic E-state index is 13.4. The first-order valence-electron chi connectivity index (χ1n) is 19.3. The predicted molar refractivity (Wildman–Crippen MR) is 211 cm³/mol. The van der Waals surface area contributed by atoms with Crippen molar-refractivity contribution in [3.63, 3.8) is 0 Å². The van der Waals surface area contributed by atoms with Gasteiger partial charge in [-0.1, -0.05) is 17.7 Å². The van der Waals surface area contributed by atoms with Gasteiger partial charge in [0.25, 0.3) is 11.8 Å². The van der Waals surface area contributed by atoms with Crippen LogP contribution in [0.2, 0.25) is 5.02 Å². The summed E-state index contributed by atoms with van der Waals surface area (Å²) in [7, 11) is 0. The fourth-order valence-electron chi connectivity index (χ4n) is 8.01. The Balaban J connectivity index is 0.879. The first-order chi connectivity index (χ1) is 26.3. The van der Waals surface area contributed by atoms with Crippen LogP contribution in [0.25, 0.3) is 10.9 Å². The number of imide groups is 1. The Morgan fingerprint density at radius 1 is 1.00 bits per heavy atom. The second kappa shape index (κ2) is 16.1. The second-order valence-corrected chi connectivity index (χ2v) is 16.0. The Morgan fingerprint density at radius 3 is 2.47 bits per heavy atom. The lowest BCUT2D eigenvalue weighted by atomic mass is 9.91. The van der Waals surface area contributed by atoms with E-state index in [0.29, 0.717) is 52.2 Å². The van der Waals surface area contributed by atoms with Crippen molar-refractivity contribution in [2.45, 2.75) is 77.4 Å². The zero-order valence-corrected chi connectivity index (χ0v) is 32.4. The number of amides is 5. The number of halogens is 1. The van der Waals surface area contributed by atoms with Crippen molar-refractivity contribution in [3.8, 4) is 0 Å². The molecule has 0 saturated carbocycles. The van der Waals surface area contributed by atoms with Crippen molar-refractivity contribution in [3.05, 3.63) is 82.3 Å². The van der Waals surface area contributed by atoms with E-state index in [1.165, 1.54) is 4.90 Å². The summed E-state index contributed by atoms with van der Waals surface area (Å²) in [4.78, 5) is 60.7. The van der Waals surface area contributed by atoms with E-state index in [4.69, 9.17) is 16.7 Å². The number of pyridine rings is 1. The van der Waals surface area contributed by atoms with Gasteiger partial charge in [0, 0.05) is 73.2 Å². The largest absolute Gasteiger partial charge is 0.386 e. The Hall–Kier alpha value is -4.85. The molecule has 3 saturated heterocycles. The molecule has 5 heterocycles. The highest BCUT2D eigenvalue weighted by atomic mass is 35.5. The number of carbonyl (C=O) groups is 4. The summed E-state index contributed by atoms with van der Waals surface area (Å²) in [6, 6.07) is 13.8. The number of hydrogen-bond acceptors (Lipinski definition) is 8. The normalized spacial score (nSPS) is 17.8. The van der Waals surface area contributed by atoms with E-state index in [9.17, 15) is 24.3 Å². The van der Waals surface area contributed by atoms with Gasteiger partial charge < -0.3 is 20.2 Å². The summed E-state index contributed by atoms with van der Waals surface area (Å²) in [6.45, 7) is 9.89. The quantitative estimate of drug-likeness (QED) is 0.170. The Labute approximate surface area is 326 Å². The summed E-state index contributed by atoms with van der Waals surface area (Å²) >= 11 is 6.39. The number of hydrogen-bond donors (Lipinski definition) is 3. The molecule has 3 aliphatic rings. The number of aromatic nitrogens is 3. The van der Waals surface area contributed by atoms with E-state index in [2.05, 4.69) is 25.2 Å². The van der Waals surface area contributed by atoms with Crippen LogP contribution >= 0.6 is 11.6 Å². The molecule has 5 amide bonds. The number of benzene rings is 2. The number of fused-ring (bicyclic) bond motifs is 1. The smallest absolute Gasteiger partial charge is 0.328 e. The van der Waals surface area contributed by atoms with E-state index in [1.807, 2.05) is 36.2 Å². The van der Waals surface area contributed by atoms with Crippen LogP contribution in [0, 0.1) is 12.8 Å². The highest BCUT2D eigenvalue weighted by molar-refractivity contribution is 6.34. The van der Waals surface area contributed by atoms with Gasteiger partial charge in [-0.2, -0.15) is 5.10 Å². The molecular formula is C41H49ClN8O5. The number of urea groups is 1. The molecule has 0 atom stereocenters. The van der Waals surface area contributed by atoms with Gasteiger partial charge in [0.1, 0.15) is 5.69 Å².